The van der Waals surface area contributed by atoms with Gasteiger partial charge in [0.15, 0.2) is 10.9 Å². The number of aromatic nitrogens is 1. The second-order valence-electron chi connectivity index (χ2n) is 5.98. The number of benzene rings is 2. The summed E-state index contributed by atoms with van der Waals surface area (Å²) in [5.74, 6) is -1.25. The first kappa shape index (κ1) is 18.1. The van der Waals surface area contributed by atoms with E-state index in [1.807, 2.05) is 30.3 Å². The lowest BCUT2D eigenvalue weighted by Crippen LogP contribution is -2.28. The van der Waals surface area contributed by atoms with Gasteiger partial charge in [-0.25, -0.2) is 13.8 Å². The van der Waals surface area contributed by atoms with E-state index in [0.29, 0.717) is 10.5 Å². The highest BCUT2D eigenvalue weighted by Gasteiger charge is 2.21. The number of rotatable bonds is 5. The monoisotopic (exact) mass is 396 g/mol. The highest BCUT2D eigenvalue weighted by atomic mass is 32.1. The minimum Gasteiger partial charge on any atom is -0.467 e. The molecule has 1 amide bonds. The van der Waals surface area contributed by atoms with E-state index in [4.69, 9.17) is 4.42 Å². The molecule has 0 aliphatic rings. The minimum atomic E-state index is -0.761. The number of halogens is 2. The van der Waals surface area contributed by atoms with Gasteiger partial charge in [-0.15, -0.1) is 0 Å². The van der Waals surface area contributed by atoms with Gasteiger partial charge in [0, 0.05) is 12.1 Å². The molecular formula is C21H14F2N2O2S. The Bertz CT molecular complexity index is 1140. The molecule has 0 radical (unpaired) electrons. The van der Waals surface area contributed by atoms with Crippen molar-refractivity contribution in [2.75, 3.05) is 4.90 Å². The quantitative estimate of drug-likeness (QED) is 0.424. The average Bonchev–Trinajstić information content (AvgIpc) is 3.34. The molecule has 4 nitrogen and oxygen atoms in total. The second kappa shape index (κ2) is 7.74. The van der Waals surface area contributed by atoms with Crippen molar-refractivity contribution in [1.82, 2.24) is 4.98 Å². The maximum atomic E-state index is 14.0. The van der Waals surface area contributed by atoms with Crippen molar-refractivity contribution in [3.05, 3.63) is 89.9 Å². The number of carbonyl (C=O) groups excluding carboxylic acids is 1. The maximum absolute atomic E-state index is 14.0. The van der Waals surface area contributed by atoms with E-state index >= 15 is 0 Å². The zero-order chi connectivity index (χ0) is 19.5. The fraction of sp³-hybridized carbons (Fsp3) is 0.0476. The Hall–Kier alpha value is -3.32. The molecule has 0 saturated heterocycles. The molecule has 4 rings (SSSR count). The van der Waals surface area contributed by atoms with E-state index in [1.54, 1.807) is 18.2 Å². The molecule has 28 heavy (non-hydrogen) atoms. The van der Waals surface area contributed by atoms with E-state index in [9.17, 15) is 13.6 Å². The molecule has 0 fully saturated rings. The van der Waals surface area contributed by atoms with Crippen LogP contribution < -0.4 is 4.90 Å². The molecule has 140 valence electrons. The third-order valence-electron chi connectivity index (χ3n) is 4.01. The van der Waals surface area contributed by atoms with Crippen LogP contribution in [0.25, 0.3) is 16.3 Å². The van der Waals surface area contributed by atoms with Crippen molar-refractivity contribution in [3.63, 3.8) is 0 Å². The lowest BCUT2D eigenvalue weighted by molar-refractivity contribution is -0.114. The highest BCUT2D eigenvalue weighted by Crippen LogP contribution is 2.32. The molecule has 4 aromatic rings. The third-order valence-corrected chi connectivity index (χ3v) is 5.04. The first-order valence-corrected chi connectivity index (χ1v) is 9.24. The number of hydrogen-bond acceptors (Lipinski definition) is 4. The maximum Gasteiger partial charge on any atom is 0.253 e. The first-order valence-electron chi connectivity index (χ1n) is 8.43. The van der Waals surface area contributed by atoms with Crippen LogP contribution in [-0.4, -0.2) is 10.9 Å². The summed E-state index contributed by atoms with van der Waals surface area (Å²) in [5, 5.41) is 0.263. The lowest BCUT2D eigenvalue weighted by atomic mass is 10.2. The summed E-state index contributed by atoms with van der Waals surface area (Å²) in [4.78, 5) is 18.5. The van der Waals surface area contributed by atoms with Gasteiger partial charge in [0.05, 0.1) is 17.5 Å². The molecule has 0 N–H and O–H groups in total. The zero-order valence-corrected chi connectivity index (χ0v) is 15.3. The van der Waals surface area contributed by atoms with Gasteiger partial charge in [-0.1, -0.05) is 41.7 Å². The van der Waals surface area contributed by atoms with E-state index in [1.165, 1.54) is 23.3 Å². The van der Waals surface area contributed by atoms with Crippen LogP contribution in [0.4, 0.5) is 13.9 Å². The van der Waals surface area contributed by atoms with Crippen LogP contribution in [0.1, 0.15) is 11.3 Å². The van der Waals surface area contributed by atoms with Crippen molar-refractivity contribution in [1.29, 1.82) is 0 Å². The van der Waals surface area contributed by atoms with Crippen molar-refractivity contribution in [3.8, 4) is 0 Å². The Labute approximate surface area is 163 Å². The smallest absolute Gasteiger partial charge is 0.253 e. The largest absolute Gasteiger partial charge is 0.467 e. The van der Waals surface area contributed by atoms with E-state index in [2.05, 4.69) is 4.98 Å². The third kappa shape index (κ3) is 3.84. The van der Waals surface area contributed by atoms with Crippen molar-refractivity contribution >= 4 is 38.7 Å². The van der Waals surface area contributed by atoms with Crippen molar-refractivity contribution in [2.45, 2.75) is 6.54 Å². The first-order chi connectivity index (χ1) is 13.6. The number of hydrogen-bond donors (Lipinski definition) is 0. The van der Waals surface area contributed by atoms with Gasteiger partial charge < -0.3 is 4.42 Å². The number of nitrogens with zero attached hydrogens (tertiary/aromatic N) is 2. The molecule has 2 aromatic carbocycles. The molecular weight excluding hydrogens is 382 g/mol. The SMILES string of the molecule is O=C(/C=C/c1ccccc1)N(Cc1ccco1)c1nc2c(F)cc(F)cc2s1. The standard InChI is InChI=1S/C21H14F2N2O2S/c22-15-11-17(23)20-18(12-15)28-21(24-20)25(13-16-7-4-10-27-16)19(26)9-8-14-5-2-1-3-6-14/h1-12H,13H2/b9-8+. The average molecular weight is 396 g/mol. The fourth-order valence-electron chi connectivity index (χ4n) is 2.68. The van der Waals surface area contributed by atoms with Crippen LogP contribution >= 0.6 is 11.3 Å². The molecule has 0 saturated carbocycles. The predicted molar refractivity (Wildman–Crippen MR) is 105 cm³/mol. The second-order valence-corrected chi connectivity index (χ2v) is 6.99. The summed E-state index contributed by atoms with van der Waals surface area (Å²) in [6.07, 6.45) is 4.61. The van der Waals surface area contributed by atoms with Gasteiger partial charge in [0.1, 0.15) is 17.1 Å². The molecule has 0 spiro atoms. The topological polar surface area (TPSA) is 46.3 Å². The highest BCUT2D eigenvalue weighted by molar-refractivity contribution is 7.22. The Kier molecular flexibility index (Phi) is 4.99. The summed E-state index contributed by atoms with van der Waals surface area (Å²) in [7, 11) is 0. The Morgan fingerprint density at radius 1 is 1.14 bits per heavy atom. The van der Waals surface area contributed by atoms with Crippen LogP contribution in [0.5, 0.6) is 0 Å². The summed E-state index contributed by atoms with van der Waals surface area (Å²) in [6.45, 7) is 0.120. The van der Waals surface area contributed by atoms with Gasteiger partial charge in [0.25, 0.3) is 5.91 Å². The Balaban J connectivity index is 1.70. The molecule has 0 unspecified atom stereocenters. The summed E-state index contributed by atoms with van der Waals surface area (Å²) in [6, 6.07) is 14.8. The van der Waals surface area contributed by atoms with Crippen LogP contribution in [-0.2, 0) is 11.3 Å². The van der Waals surface area contributed by atoms with Crippen molar-refractivity contribution in [2.24, 2.45) is 0 Å². The van der Waals surface area contributed by atoms with Crippen LogP contribution in [0.3, 0.4) is 0 Å². The van der Waals surface area contributed by atoms with E-state index < -0.39 is 11.6 Å². The molecule has 0 aliphatic carbocycles. The number of anilines is 1. The Morgan fingerprint density at radius 3 is 2.71 bits per heavy atom. The predicted octanol–water partition coefficient (Wildman–Crippen LogP) is 5.41. The summed E-state index contributed by atoms with van der Waals surface area (Å²) in [5.41, 5.74) is 0.900. The van der Waals surface area contributed by atoms with E-state index in [-0.39, 0.29) is 23.1 Å². The van der Waals surface area contributed by atoms with Gasteiger partial charge >= 0.3 is 0 Å². The summed E-state index contributed by atoms with van der Waals surface area (Å²) >= 11 is 1.04. The van der Waals surface area contributed by atoms with Gasteiger partial charge in [-0.2, -0.15) is 0 Å². The van der Waals surface area contributed by atoms with Gasteiger partial charge in [0.2, 0.25) is 0 Å². The zero-order valence-electron chi connectivity index (χ0n) is 14.5. The number of amides is 1. The minimum absolute atomic E-state index is 0.0330. The van der Waals surface area contributed by atoms with Gasteiger partial charge in [-0.3, -0.25) is 9.69 Å². The number of carbonyl (C=O) groups is 1. The van der Waals surface area contributed by atoms with Crippen LogP contribution in [0.2, 0.25) is 0 Å². The number of fused-ring (bicyclic) bond motifs is 1. The van der Waals surface area contributed by atoms with Gasteiger partial charge in [-0.05, 0) is 29.8 Å². The number of thiazole rings is 1. The number of furan rings is 1. The van der Waals surface area contributed by atoms with Crippen LogP contribution in [0.15, 0.2) is 71.4 Å². The molecule has 0 atom stereocenters. The molecule has 2 heterocycles. The molecule has 7 heteroatoms. The fourth-order valence-corrected chi connectivity index (χ4v) is 3.69. The molecule has 0 aliphatic heterocycles. The van der Waals surface area contributed by atoms with E-state index in [0.717, 1.165) is 23.0 Å². The normalized spacial score (nSPS) is 11.4. The molecule has 0 bridgehead atoms. The summed E-state index contributed by atoms with van der Waals surface area (Å²) < 4.78 is 33.2. The Morgan fingerprint density at radius 2 is 1.96 bits per heavy atom. The lowest BCUT2D eigenvalue weighted by Gasteiger charge is -2.16. The van der Waals surface area contributed by atoms with Crippen molar-refractivity contribution < 1.29 is 18.0 Å². The van der Waals surface area contributed by atoms with Crippen LogP contribution in [0, 0.1) is 11.6 Å². The molecule has 2 aromatic heterocycles.